The maximum atomic E-state index is 12.2. The number of benzene rings is 2. The lowest BCUT2D eigenvalue weighted by Crippen LogP contribution is -2.25. The average molecular weight is 259 g/mol. The van der Waals surface area contributed by atoms with Gasteiger partial charge in [-0.1, -0.05) is 24.3 Å². The van der Waals surface area contributed by atoms with E-state index in [0.29, 0.717) is 16.3 Å². The van der Waals surface area contributed by atoms with E-state index in [4.69, 9.17) is 4.84 Å². The lowest BCUT2D eigenvalue weighted by atomic mass is 9.99. The Morgan fingerprint density at radius 2 is 1.68 bits per heavy atom. The van der Waals surface area contributed by atoms with Crippen LogP contribution in [0.25, 0.3) is 10.8 Å². The minimum atomic E-state index is -1.06. The molecule has 0 spiro atoms. The Kier molecular flexibility index (Phi) is 3.48. The molecule has 98 valence electrons. The number of carbonyl (C=O) groups excluding carboxylic acids is 1. The van der Waals surface area contributed by atoms with Crippen LogP contribution >= 0.6 is 0 Å². The standard InChI is InChI=1S/C14H13NO4/c1-15(19-2)13(16)10-7-3-5-9-6-4-8-11(12(9)10)14(17)18/h3-8H,1-2H3,(H,17,18). The van der Waals surface area contributed by atoms with Crippen LogP contribution in [0, 0.1) is 0 Å². The number of hydroxylamine groups is 2. The Hall–Kier alpha value is -2.40. The van der Waals surface area contributed by atoms with Crippen LogP contribution in [0.5, 0.6) is 0 Å². The number of rotatable bonds is 3. The maximum Gasteiger partial charge on any atom is 0.336 e. The molecule has 2 aromatic carbocycles. The summed E-state index contributed by atoms with van der Waals surface area (Å²) in [5.74, 6) is -1.45. The van der Waals surface area contributed by atoms with Gasteiger partial charge >= 0.3 is 5.97 Å². The molecule has 5 heteroatoms. The van der Waals surface area contributed by atoms with Crippen molar-refractivity contribution in [3.05, 3.63) is 47.5 Å². The second-order valence-corrected chi connectivity index (χ2v) is 4.00. The van der Waals surface area contributed by atoms with Crippen molar-refractivity contribution in [2.75, 3.05) is 14.2 Å². The lowest BCUT2D eigenvalue weighted by molar-refractivity contribution is -0.0755. The highest BCUT2D eigenvalue weighted by molar-refractivity contribution is 6.14. The summed E-state index contributed by atoms with van der Waals surface area (Å²) in [6, 6.07) is 9.97. The van der Waals surface area contributed by atoms with Crippen molar-refractivity contribution < 1.29 is 19.5 Å². The Morgan fingerprint density at radius 3 is 2.21 bits per heavy atom. The second kappa shape index (κ2) is 5.07. The summed E-state index contributed by atoms with van der Waals surface area (Å²) >= 11 is 0. The first-order chi connectivity index (χ1) is 9.06. The molecule has 0 unspecified atom stereocenters. The molecular weight excluding hydrogens is 246 g/mol. The van der Waals surface area contributed by atoms with E-state index in [-0.39, 0.29) is 11.5 Å². The normalized spacial score (nSPS) is 10.4. The molecule has 1 N–H and O–H groups in total. The van der Waals surface area contributed by atoms with Gasteiger partial charge in [-0.05, 0) is 17.5 Å². The molecule has 0 heterocycles. The summed E-state index contributed by atoms with van der Waals surface area (Å²) in [7, 11) is 2.85. The summed E-state index contributed by atoms with van der Waals surface area (Å²) in [4.78, 5) is 28.3. The first kappa shape index (κ1) is 13.0. The first-order valence-corrected chi connectivity index (χ1v) is 5.63. The number of fused-ring (bicyclic) bond motifs is 1. The van der Waals surface area contributed by atoms with Gasteiger partial charge in [0.05, 0.1) is 18.2 Å². The zero-order valence-electron chi connectivity index (χ0n) is 10.6. The molecule has 19 heavy (non-hydrogen) atoms. The van der Waals surface area contributed by atoms with Crippen LogP contribution in [0.1, 0.15) is 20.7 Å². The van der Waals surface area contributed by atoms with Crippen LogP contribution in [0.3, 0.4) is 0 Å². The van der Waals surface area contributed by atoms with Gasteiger partial charge in [-0.2, -0.15) is 0 Å². The van der Waals surface area contributed by atoms with E-state index < -0.39 is 5.97 Å². The largest absolute Gasteiger partial charge is 0.478 e. The van der Waals surface area contributed by atoms with E-state index in [2.05, 4.69) is 0 Å². The number of nitrogens with zero attached hydrogens (tertiary/aromatic N) is 1. The van der Waals surface area contributed by atoms with Gasteiger partial charge < -0.3 is 5.11 Å². The second-order valence-electron chi connectivity index (χ2n) is 4.00. The van der Waals surface area contributed by atoms with Gasteiger partial charge in [-0.25, -0.2) is 9.86 Å². The maximum absolute atomic E-state index is 12.2. The van der Waals surface area contributed by atoms with E-state index in [9.17, 15) is 14.7 Å². The Labute approximate surface area is 110 Å². The highest BCUT2D eigenvalue weighted by atomic mass is 16.7. The molecule has 0 aliphatic rings. The average Bonchev–Trinajstić information content (AvgIpc) is 2.44. The number of hydrogen-bond donors (Lipinski definition) is 1. The number of hydrogen-bond acceptors (Lipinski definition) is 3. The molecule has 2 rings (SSSR count). The zero-order chi connectivity index (χ0) is 14.0. The molecule has 0 saturated heterocycles. The lowest BCUT2D eigenvalue weighted by Gasteiger charge is -2.15. The summed E-state index contributed by atoms with van der Waals surface area (Å²) in [6.45, 7) is 0. The van der Waals surface area contributed by atoms with Crippen LogP contribution in [0.15, 0.2) is 36.4 Å². The van der Waals surface area contributed by atoms with E-state index in [1.807, 2.05) is 0 Å². The van der Waals surface area contributed by atoms with E-state index in [1.54, 1.807) is 30.3 Å². The van der Waals surface area contributed by atoms with Gasteiger partial charge in [-0.15, -0.1) is 0 Å². The third-order valence-electron chi connectivity index (χ3n) is 2.93. The van der Waals surface area contributed by atoms with Gasteiger partial charge in [0.1, 0.15) is 0 Å². The monoisotopic (exact) mass is 259 g/mol. The van der Waals surface area contributed by atoms with Crippen molar-refractivity contribution in [2.45, 2.75) is 0 Å². The van der Waals surface area contributed by atoms with Crippen LogP contribution in [-0.2, 0) is 4.84 Å². The van der Waals surface area contributed by atoms with Gasteiger partial charge in [0.15, 0.2) is 0 Å². The van der Waals surface area contributed by atoms with Crippen LogP contribution in [0.2, 0.25) is 0 Å². The highest BCUT2D eigenvalue weighted by Crippen LogP contribution is 2.24. The fraction of sp³-hybridized carbons (Fsp3) is 0.143. The number of amides is 1. The molecule has 1 amide bonds. The smallest absolute Gasteiger partial charge is 0.336 e. The molecule has 0 fully saturated rings. The van der Waals surface area contributed by atoms with E-state index >= 15 is 0 Å². The Bertz CT molecular complexity index is 646. The molecule has 0 bridgehead atoms. The fourth-order valence-electron chi connectivity index (χ4n) is 1.95. The molecule has 0 atom stereocenters. The summed E-state index contributed by atoms with van der Waals surface area (Å²) in [5.41, 5.74) is 0.408. The van der Waals surface area contributed by atoms with Crippen molar-refractivity contribution in [3.8, 4) is 0 Å². The minimum absolute atomic E-state index is 0.103. The Morgan fingerprint density at radius 1 is 1.11 bits per heavy atom. The molecule has 0 aliphatic carbocycles. The number of carboxylic acid groups (broad SMARTS) is 1. The molecule has 2 aromatic rings. The molecule has 0 radical (unpaired) electrons. The highest BCUT2D eigenvalue weighted by Gasteiger charge is 2.18. The van der Waals surface area contributed by atoms with Crippen LogP contribution in [0.4, 0.5) is 0 Å². The van der Waals surface area contributed by atoms with Gasteiger partial charge in [0.25, 0.3) is 5.91 Å². The van der Waals surface area contributed by atoms with E-state index in [1.165, 1.54) is 20.2 Å². The molecule has 0 saturated carbocycles. The molecular formula is C14H13NO4. The minimum Gasteiger partial charge on any atom is -0.478 e. The predicted octanol–water partition coefficient (Wildman–Crippen LogP) is 2.17. The van der Waals surface area contributed by atoms with Crippen molar-refractivity contribution >= 4 is 22.6 Å². The van der Waals surface area contributed by atoms with Crippen molar-refractivity contribution in [3.63, 3.8) is 0 Å². The topological polar surface area (TPSA) is 66.8 Å². The third-order valence-corrected chi connectivity index (χ3v) is 2.93. The third kappa shape index (κ3) is 2.28. The van der Waals surface area contributed by atoms with E-state index in [0.717, 1.165) is 5.06 Å². The van der Waals surface area contributed by atoms with Crippen molar-refractivity contribution in [2.24, 2.45) is 0 Å². The molecule has 0 aromatic heterocycles. The summed E-state index contributed by atoms with van der Waals surface area (Å²) < 4.78 is 0. The predicted molar refractivity (Wildman–Crippen MR) is 70.0 cm³/mol. The SMILES string of the molecule is CON(C)C(=O)c1cccc2cccc(C(=O)O)c12. The number of aromatic carboxylic acids is 1. The quantitative estimate of drug-likeness (QED) is 0.858. The molecule has 5 nitrogen and oxygen atoms in total. The van der Waals surface area contributed by atoms with Crippen molar-refractivity contribution in [1.82, 2.24) is 5.06 Å². The first-order valence-electron chi connectivity index (χ1n) is 5.63. The zero-order valence-corrected chi connectivity index (χ0v) is 10.6. The van der Waals surface area contributed by atoms with Gasteiger partial charge in [0, 0.05) is 12.4 Å². The Balaban J connectivity index is 2.74. The fourth-order valence-corrected chi connectivity index (χ4v) is 1.95. The van der Waals surface area contributed by atoms with Gasteiger partial charge in [0.2, 0.25) is 0 Å². The molecule has 0 aliphatic heterocycles. The number of carboxylic acids is 1. The summed E-state index contributed by atoms with van der Waals surface area (Å²) in [5, 5.41) is 11.4. The van der Waals surface area contributed by atoms with Gasteiger partial charge in [-0.3, -0.25) is 9.63 Å². The van der Waals surface area contributed by atoms with Crippen molar-refractivity contribution in [1.29, 1.82) is 0 Å². The van der Waals surface area contributed by atoms with Crippen LogP contribution in [-0.4, -0.2) is 36.2 Å². The van der Waals surface area contributed by atoms with Crippen LogP contribution < -0.4 is 0 Å². The number of carbonyl (C=O) groups is 2. The summed E-state index contributed by atoms with van der Waals surface area (Å²) in [6.07, 6.45) is 0.